The lowest BCUT2D eigenvalue weighted by Gasteiger charge is -2.10. The minimum atomic E-state index is -2.78. The fourth-order valence-corrected chi connectivity index (χ4v) is 2.82. The van der Waals surface area contributed by atoms with Gasteiger partial charge in [-0.25, -0.2) is 8.42 Å². The molecule has 0 spiro atoms. The van der Waals surface area contributed by atoms with E-state index < -0.39 is 9.84 Å². The third kappa shape index (κ3) is 4.10. The Kier molecular flexibility index (Phi) is 5.55. The second-order valence-electron chi connectivity index (χ2n) is 3.32. The lowest BCUT2D eigenvalue weighted by atomic mass is 10.3. The maximum Gasteiger partial charge on any atom is 0.152 e. The molecule has 74 valence electrons. The van der Waals surface area contributed by atoms with Crippen molar-refractivity contribution in [1.82, 2.24) is 0 Å². The molecule has 0 aromatic carbocycles. The van der Waals surface area contributed by atoms with Gasteiger partial charge in [-0.1, -0.05) is 26.7 Å². The summed E-state index contributed by atoms with van der Waals surface area (Å²) in [5.74, 6) is 0.366. The van der Waals surface area contributed by atoms with Gasteiger partial charge in [0, 0.05) is 0 Å². The van der Waals surface area contributed by atoms with E-state index in [4.69, 9.17) is 0 Å². The summed E-state index contributed by atoms with van der Waals surface area (Å²) < 4.78 is 23.0. The molecule has 0 radical (unpaired) electrons. The Bertz CT molecular complexity index is 195. The molecule has 0 fully saturated rings. The van der Waals surface area contributed by atoms with Gasteiger partial charge in [-0.15, -0.1) is 0 Å². The summed E-state index contributed by atoms with van der Waals surface area (Å²) in [4.78, 5) is 0. The van der Waals surface area contributed by atoms with Crippen molar-refractivity contribution in [3.63, 3.8) is 0 Å². The van der Waals surface area contributed by atoms with Crippen LogP contribution < -0.4 is 0 Å². The topological polar surface area (TPSA) is 34.1 Å². The standard InChI is InChI=1S/C9H20O2S/c1-4-6-8-12(10,11)9(3)7-5-2/h9H,4-8H2,1-3H3. The maximum atomic E-state index is 11.5. The Balaban J connectivity index is 4.01. The highest BCUT2D eigenvalue weighted by atomic mass is 32.2. The van der Waals surface area contributed by atoms with Crippen LogP contribution in [0.5, 0.6) is 0 Å². The molecule has 3 heteroatoms. The first-order valence-corrected chi connectivity index (χ1v) is 6.47. The van der Waals surface area contributed by atoms with Crippen LogP contribution in [0.15, 0.2) is 0 Å². The Morgan fingerprint density at radius 1 is 1.17 bits per heavy atom. The number of hydrogen-bond acceptors (Lipinski definition) is 2. The van der Waals surface area contributed by atoms with Crippen LogP contribution in [0.25, 0.3) is 0 Å². The molecule has 1 atom stereocenters. The van der Waals surface area contributed by atoms with Crippen LogP contribution in [0.3, 0.4) is 0 Å². The van der Waals surface area contributed by atoms with Crippen molar-refractivity contribution in [1.29, 1.82) is 0 Å². The van der Waals surface area contributed by atoms with E-state index in [1.807, 2.05) is 20.8 Å². The van der Waals surface area contributed by atoms with Crippen LogP contribution in [0.1, 0.15) is 46.5 Å². The zero-order valence-corrected chi connectivity index (χ0v) is 9.15. The first-order chi connectivity index (χ1) is 5.54. The van der Waals surface area contributed by atoms with Gasteiger partial charge >= 0.3 is 0 Å². The Labute approximate surface area is 76.3 Å². The Morgan fingerprint density at radius 3 is 2.17 bits per heavy atom. The lowest BCUT2D eigenvalue weighted by molar-refractivity contribution is 0.572. The zero-order valence-electron chi connectivity index (χ0n) is 8.34. The molecule has 0 saturated carbocycles. The summed E-state index contributed by atoms with van der Waals surface area (Å²) in [5.41, 5.74) is 0. The van der Waals surface area contributed by atoms with Gasteiger partial charge < -0.3 is 0 Å². The van der Waals surface area contributed by atoms with E-state index in [-0.39, 0.29) is 5.25 Å². The van der Waals surface area contributed by atoms with Crippen LogP contribution in [0.2, 0.25) is 0 Å². The highest BCUT2D eigenvalue weighted by molar-refractivity contribution is 7.91. The Morgan fingerprint density at radius 2 is 1.75 bits per heavy atom. The minimum absolute atomic E-state index is 0.144. The normalized spacial score (nSPS) is 14.6. The molecular formula is C9H20O2S. The molecule has 0 bridgehead atoms. The van der Waals surface area contributed by atoms with Gasteiger partial charge in [-0.2, -0.15) is 0 Å². The third-order valence-electron chi connectivity index (χ3n) is 2.09. The largest absolute Gasteiger partial charge is 0.229 e. The molecular weight excluding hydrogens is 172 g/mol. The predicted molar refractivity (Wildman–Crippen MR) is 53.1 cm³/mol. The molecule has 0 amide bonds. The fourth-order valence-electron chi connectivity index (χ4n) is 1.13. The molecule has 2 nitrogen and oxygen atoms in total. The van der Waals surface area contributed by atoms with Gasteiger partial charge in [0.05, 0.1) is 11.0 Å². The molecule has 0 aliphatic carbocycles. The van der Waals surface area contributed by atoms with Crippen molar-refractivity contribution in [3.05, 3.63) is 0 Å². The second-order valence-corrected chi connectivity index (χ2v) is 5.86. The Hall–Kier alpha value is -0.0500. The van der Waals surface area contributed by atoms with Crippen molar-refractivity contribution in [2.24, 2.45) is 0 Å². The maximum absolute atomic E-state index is 11.5. The van der Waals surface area contributed by atoms with Crippen molar-refractivity contribution >= 4 is 9.84 Å². The average Bonchev–Trinajstić information content (AvgIpc) is 2.01. The quantitative estimate of drug-likeness (QED) is 0.647. The highest BCUT2D eigenvalue weighted by Gasteiger charge is 2.18. The van der Waals surface area contributed by atoms with E-state index >= 15 is 0 Å². The van der Waals surface area contributed by atoms with Crippen molar-refractivity contribution in [3.8, 4) is 0 Å². The minimum Gasteiger partial charge on any atom is -0.229 e. The second kappa shape index (κ2) is 5.57. The number of rotatable bonds is 6. The summed E-state index contributed by atoms with van der Waals surface area (Å²) in [6.45, 7) is 5.85. The summed E-state index contributed by atoms with van der Waals surface area (Å²) in [6, 6.07) is 0. The fraction of sp³-hybridized carbons (Fsp3) is 1.00. The number of unbranched alkanes of at least 4 members (excludes halogenated alkanes) is 1. The van der Waals surface area contributed by atoms with E-state index in [1.54, 1.807) is 0 Å². The number of sulfone groups is 1. The van der Waals surface area contributed by atoms with E-state index in [0.29, 0.717) is 5.75 Å². The smallest absolute Gasteiger partial charge is 0.152 e. The molecule has 0 saturated heterocycles. The average molecular weight is 192 g/mol. The summed E-state index contributed by atoms with van der Waals surface area (Å²) >= 11 is 0. The molecule has 1 unspecified atom stereocenters. The highest BCUT2D eigenvalue weighted by Crippen LogP contribution is 2.10. The van der Waals surface area contributed by atoms with Gasteiger partial charge in [0.2, 0.25) is 0 Å². The molecule has 0 aromatic heterocycles. The van der Waals surface area contributed by atoms with Crippen molar-refractivity contribution < 1.29 is 8.42 Å². The molecule has 12 heavy (non-hydrogen) atoms. The molecule has 0 rings (SSSR count). The van der Waals surface area contributed by atoms with Crippen molar-refractivity contribution in [2.45, 2.75) is 51.7 Å². The van der Waals surface area contributed by atoms with Gasteiger partial charge in [-0.3, -0.25) is 0 Å². The van der Waals surface area contributed by atoms with Crippen LogP contribution in [-0.2, 0) is 9.84 Å². The van der Waals surface area contributed by atoms with Crippen LogP contribution in [-0.4, -0.2) is 19.4 Å². The van der Waals surface area contributed by atoms with Crippen molar-refractivity contribution in [2.75, 3.05) is 5.75 Å². The van der Waals surface area contributed by atoms with E-state index in [1.165, 1.54) is 0 Å². The lowest BCUT2D eigenvalue weighted by Crippen LogP contribution is -2.20. The molecule has 0 aromatic rings. The zero-order chi connectivity index (χ0) is 9.61. The van der Waals surface area contributed by atoms with E-state index in [9.17, 15) is 8.42 Å². The van der Waals surface area contributed by atoms with Crippen LogP contribution in [0, 0.1) is 0 Å². The van der Waals surface area contributed by atoms with Gasteiger partial charge in [0.25, 0.3) is 0 Å². The summed E-state index contributed by atoms with van der Waals surface area (Å²) in [7, 11) is -2.78. The van der Waals surface area contributed by atoms with E-state index in [2.05, 4.69) is 0 Å². The van der Waals surface area contributed by atoms with Gasteiger partial charge in [0.1, 0.15) is 0 Å². The first kappa shape index (κ1) is 11.9. The van der Waals surface area contributed by atoms with Gasteiger partial charge in [0.15, 0.2) is 9.84 Å². The molecule has 0 aliphatic rings. The molecule has 0 heterocycles. The first-order valence-electron chi connectivity index (χ1n) is 4.76. The van der Waals surface area contributed by atoms with Crippen LogP contribution in [0.4, 0.5) is 0 Å². The third-order valence-corrected chi connectivity index (χ3v) is 4.41. The number of hydrogen-bond donors (Lipinski definition) is 0. The SMILES string of the molecule is CCCCS(=O)(=O)C(C)CCC. The van der Waals surface area contributed by atoms with E-state index in [0.717, 1.165) is 25.7 Å². The monoisotopic (exact) mass is 192 g/mol. The summed E-state index contributed by atoms with van der Waals surface area (Å²) in [5, 5.41) is -0.144. The van der Waals surface area contributed by atoms with Crippen LogP contribution >= 0.6 is 0 Å². The molecule has 0 aliphatic heterocycles. The van der Waals surface area contributed by atoms with Gasteiger partial charge in [-0.05, 0) is 19.8 Å². The predicted octanol–water partition coefficient (Wildman–Crippen LogP) is 2.39. The molecule has 0 N–H and O–H groups in total. The summed E-state index contributed by atoms with van der Waals surface area (Å²) in [6.07, 6.45) is 3.51.